The molecule has 2 aromatic rings. The number of hydrogen-bond acceptors (Lipinski definition) is 1. The van der Waals surface area contributed by atoms with Gasteiger partial charge in [-0.15, -0.1) is 0 Å². The van der Waals surface area contributed by atoms with Crippen molar-refractivity contribution >= 4 is 11.0 Å². The molecule has 0 amide bonds. The first-order chi connectivity index (χ1) is 7.45. The Morgan fingerprint density at radius 1 is 1.00 bits per heavy atom. The van der Waals surface area contributed by atoms with Crippen molar-refractivity contribution in [3.63, 3.8) is 0 Å². The van der Waals surface area contributed by atoms with Crippen molar-refractivity contribution in [2.75, 3.05) is 0 Å². The fraction of sp³-hybridized carbons (Fsp3) is 0.429. The average Bonchev–Trinajstić information content (AvgIpc) is 2.74. The summed E-state index contributed by atoms with van der Waals surface area (Å²) in [5.41, 5.74) is 2.48. The zero-order valence-corrected chi connectivity index (χ0v) is 8.91. The molecule has 15 heavy (non-hydrogen) atoms. The van der Waals surface area contributed by atoms with Crippen LogP contribution in [0.4, 0.5) is 0 Å². The molecule has 0 N–H and O–H groups in total. The number of para-hydroxylation sites is 1. The normalized spacial score (nSPS) is 18.4. The maximum Gasteiger partial charge on any atom is 0.134 e. The van der Waals surface area contributed by atoms with E-state index in [1.165, 1.54) is 43.1 Å². The fourth-order valence-corrected chi connectivity index (χ4v) is 2.73. The van der Waals surface area contributed by atoms with Gasteiger partial charge in [-0.25, -0.2) is 0 Å². The predicted octanol–water partition coefficient (Wildman–Crippen LogP) is 4.48. The van der Waals surface area contributed by atoms with Gasteiger partial charge >= 0.3 is 0 Å². The quantitative estimate of drug-likeness (QED) is 0.661. The lowest BCUT2D eigenvalue weighted by Gasteiger charge is -2.20. The highest BCUT2D eigenvalue weighted by Crippen LogP contribution is 2.37. The van der Waals surface area contributed by atoms with Gasteiger partial charge in [0.1, 0.15) is 5.58 Å². The molecule has 1 aromatic heterocycles. The molecule has 1 aromatic carbocycles. The van der Waals surface area contributed by atoms with Crippen LogP contribution < -0.4 is 0 Å². The monoisotopic (exact) mass is 200 g/mol. The van der Waals surface area contributed by atoms with Crippen LogP contribution in [0, 0.1) is 0 Å². The summed E-state index contributed by atoms with van der Waals surface area (Å²) < 4.78 is 5.60. The molecule has 78 valence electrons. The summed E-state index contributed by atoms with van der Waals surface area (Å²) in [5, 5.41) is 1.32. The molecule has 0 bridgehead atoms. The molecule has 1 fully saturated rings. The fourth-order valence-electron chi connectivity index (χ4n) is 2.73. The molecule has 0 radical (unpaired) electrons. The van der Waals surface area contributed by atoms with E-state index in [1.807, 2.05) is 12.3 Å². The van der Waals surface area contributed by atoms with Crippen molar-refractivity contribution < 1.29 is 4.42 Å². The molecule has 1 aliphatic rings. The second kappa shape index (κ2) is 3.73. The minimum atomic E-state index is 0.738. The van der Waals surface area contributed by atoms with E-state index in [4.69, 9.17) is 4.42 Å². The van der Waals surface area contributed by atoms with Crippen LogP contribution in [0.1, 0.15) is 43.6 Å². The maximum atomic E-state index is 5.60. The second-order valence-electron chi connectivity index (χ2n) is 4.52. The van der Waals surface area contributed by atoms with Gasteiger partial charge in [0, 0.05) is 10.9 Å². The molecule has 1 nitrogen and oxygen atoms in total. The smallest absolute Gasteiger partial charge is 0.134 e. The first-order valence-corrected chi connectivity index (χ1v) is 5.91. The number of benzene rings is 1. The molecule has 0 saturated heterocycles. The predicted molar refractivity (Wildman–Crippen MR) is 62.0 cm³/mol. The third-order valence-corrected chi connectivity index (χ3v) is 3.56. The highest BCUT2D eigenvalue weighted by atomic mass is 16.3. The largest absolute Gasteiger partial charge is 0.464 e. The Hall–Kier alpha value is -1.24. The van der Waals surface area contributed by atoms with E-state index in [9.17, 15) is 0 Å². The van der Waals surface area contributed by atoms with Crippen LogP contribution in [0.15, 0.2) is 34.9 Å². The maximum absolute atomic E-state index is 5.60. The van der Waals surface area contributed by atoms with Gasteiger partial charge in [-0.1, -0.05) is 37.5 Å². The molecule has 1 saturated carbocycles. The molecule has 1 heteroatoms. The number of furan rings is 1. The van der Waals surface area contributed by atoms with E-state index in [2.05, 4.69) is 18.2 Å². The van der Waals surface area contributed by atoms with Gasteiger partial charge in [-0.3, -0.25) is 0 Å². The molecule has 3 rings (SSSR count). The lowest BCUT2D eigenvalue weighted by Crippen LogP contribution is -2.03. The molecular weight excluding hydrogens is 184 g/mol. The van der Waals surface area contributed by atoms with Crippen molar-refractivity contribution in [3.8, 4) is 0 Å². The van der Waals surface area contributed by atoms with Gasteiger partial charge in [0.2, 0.25) is 0 Å². The standard InChI is InChI=1S/C14H16O/c1-2-6-11(7-3-1)13-10-15-14-9-5-4-8-12(13)14/h4-5,8-11H,1-3,6-7H2. The minimum absolute atomic E-state index is 0.738. The van der Waals surface area contributed by atoms with Crippen LogP contribution in [0.3, 0.4) is 0 Å². The van der Waals surface area contributed by atoms with Gasteiger partial charge in [0.05, 0.1) is 6.26 Å². The summed E-state index contributed by atoms with van der Waals surface area (Å²) in [5.74, 6) is 0.738. The SMILES string of the molecule is c1ccc2c(C3CCCCC3)coc2c1. The van der Waals surface area contributed by atoms with Crippen LogP contribution in [0.2, 0.25) is 0 Å². The number of rotatable bonds is 1. The average molecular weight is 200 g/mol. The zero-order valence-electron chi connectivity index (χ0n) is 8.91. The van der Waals surface area contributed by atoms with Gasteiger partial charge in [-0.2, -0.15) is 0 Å². The molecular formula is C14H16O. The Morgan fingerprint density at radius 2 is 1.80 bits per heavy atom. The Balaban J connectivity index is 2.02. The second-order valence-corrected chi connectivity index (χ2v) is 4.52. The summed E-state index contributed by atoms with van der Waals surface area (Å²) in [4.78, 5) is 0. The first-order valence-electron chi connectivity index (χ1n) is 5.91. The molecule has 0 unspecified atom stereocenters. The Labute approximate surface area is 90.1 Å². The van der Waals surface area contributed by atoms with Crippen molar-refractivity contribution in [2.24, 2.45) is 0 Å². The summed E-state index contributed by atoms with van der Waals surface area (Å²) >= 11 is 0. The highest BCUT2D eigenvalue weighted by Gasteiger charge is 2.19. The number of hydrogen-bond donors (Lipinski definition) is 0. The third kappa shape index (κ3) is 1.56. The zero-order chi connectivity index (χ0) is 10.1. The topological polar surface area (TPSA) is 13.1 Å². The first kappa shape index (κ1) is 9.02. The van der Waals surface area contributed by atoms with Crippen LogP contribution in [-0.4, -0.2) is 0 Å². The van der Waals surface area contributed by atoms with Crippen LogP contribution in [0.25, 0.3) is 11.0 Å². The summed E-state index contributed by atoms with van der Waals surface area (Å²) in [6.07, 6.45) is 8.81. The van der Waals surface area contributed by atoms with Gasteiger partial charge in [0.25, 0.3) is 0 Å². The van der Waals surface area contributed by atoms with E-state index in [0.29, 0.717) is 0 Å². The minimum Gasteiger partial charge on any atom is -0.464 e. The lowest BCUT2D eigenvalue weighted by atomic mass is 9.84. The highest BCUT2D eigenvalue weighted by molar-refractivity contribution is 5.81. The van der Waals surface area contributed by atoms with Crippen LogP contribution in [0.5, 0.6) is 0 Å². The van der Waals surface area contributed by atoms with E-state index >= 15 is 0 Å². The molecule has 0 atom stereocenters. The Morgan fingerprint density at radius 3 is 2.67 bits per heavy atom. The van der Waals surface area contributed by atoms with Crippen LogP contribution >= 0.6 is 0 Å². The van der Waals surface area contributed by atoms with Crippen molar-refractivity contribution in [2.45, 2.75) is 38.0 Å². The molecule has 0 spiro atoms. The van der Waals surface area contributed by atoms with E-state index < -0.39 is 0 Å². The lowest BCUT2D eigenvalue weighted by molar-refractivity contribution is 0.441. The Kier molecular flexibility index (Phi) is 2.24. The number of fused-ring (bicyclic) bond motifs is 1. The van der Waals surface area contributed by atoms with E-state index in [1.54, 1.807) is 0 Å². The van der Waals surface area contributed by atoms with Gasteiger partial charge < -0.3 is 4.42 Å². The van der Waals surface area contributed by atoms with E-state index in [0.717, 1.165) is 11.5 Å². The van der Waals surface area contributed by atoms with Gasteiger partial charge in [-0.05, 0) is 24.8 Å². The van der Waals surface area contributed by atoms with Crippen molar-refractivity contribution in [3.05, 3.63) is 36.1 Å². The van der Waals surface area contributed by atoms with E-state index in [-0.39, 0.29) is 0 Å². The summed E-state index contributed by atoms with van der Waals surface area (Å²) in [6.45, 7) is 0. The van der Waals surface area contributed by atoms with Crippen molar-refractivity contribution in [1.29, 1.82) is 0 Å². The molecule has 0 aliphatic heterocycles. The summed E-state index contributed by atoms with van der Waals surface area (Å²) in [6, 6.07) is 8.38. The van der Waals surface area contributed by atoms with Crippen LogP contribution in [-0.2, 0) is 0 Å². The Bertz CT molecular complexity index is 449. The molecule has 1 aliphatic carbocycles. The third-order valence-electron chi connectivity index (χ3n) is 3.56. The van der Waals surface area contributed by atoms with Crippen molar-refractivity contribution in [1.82, 2.24) is 0 Å². The summed E-state index contributed by atoms with van der Waals surface area (Å²) in [7, 11) is 0. The van der Waals surface area contributed by atoms with Gasteiger partial charge in [0.15, 0.2) is 0 Å². The molecule has 1 heterocycles.